The first kappa shape index (κ1) is 14.1. The number of carbonyl (C=O) groups is 1. The fourth-order valence-corrected chi connectivity index (χ4v) is 1.85. The van der Waals surface area contributed by atoms with Crippen molar-refractivity contribution in [2.45, 2.75) is 26.2 Å². The summed E-state index contributed by atoms with van der Waals surface area (Å²) in [6.07, 6.45) is 0. The topological polar surface area (TPSA) is 46.5 Å². The Morgan fingerprint density at radius 3 is 2.20 bits per heavy atom. The van der Waals surface area contributed by atoms with E-state index in [1.807, 2.05) is 24.3 Å². The van der Waals surface area contributed by atoms with Crippen molar-refractivity contribution < 1.29 is 14.6 Å². The van der Waals surface area contributed by atoms with Gasteiger partial charge in [-0.15, -0.1) is 0 Å². The maximum absolute atomic E-state index is 10.9. The standard InChI is InChI=1S/C17H18O3/c1-17(2,3)13-7-9-14(10-8-13)20-15-6-4-5-12(11-15)16(18)19/h4-11H,1-3H3,(H,18,19). The van der Waals surface area contributed by atoms with Gasteiger partial charge in [0.1, 0.15) is 11.5 Å². The Balaban J connectivity index is 2.18. The molecule has 3 heteroatoms. The minimum absolute atomic E-state index is 0.0990. The van der Waals surface area contributed by atoms with Gasteiger partial charge < -0.3 is 9.84 Å². The molecule has 0 fully saturated rings. The van der Waals surface area contributed by atoms with Crippen LogP contribution in [0.5, 0.6) is 11.5 Å². The van der Waals surface area contributed by atoms with E-state index in [4.69, 9.17) is 9.84 Å². The van der Waals surface area contributed by atoms with Crippen molar-refractivity contribution in [1.82, 2.24) is 0 Å². The van der Waals surface area contributed by atoms with E-state index in [-0.39, 0.29) is 11.0 Å². The van der Waals surface area contributed by atoms with Gasteiger partial charge in [0, 0.05) is 0 Å². The summed E-state index contributed by atoms with van der Waals surface area (Å²) < 4.78 is 5.67. The van der Waals surface area contributed by atoms with Crippen LogP contribution >= 0.6 is 0 Å². The van der Waals surface area contributed by atoms with Crippen molar-refractivity contribution in [3.05, 3.63) is 59.7 Å². The van der Waals surface area contributed by atoms with Crippen LogP contribution in [-0.4, -0.2) is 11.1 Å². The molecule has 0 heterocycles. The average molecular weight is 270 g/mol. The summed E-state index contributed by atoms with van der Waals surface area (Å²) in [5, 5.41) is 8.95. The van der Waals surface area contributed by atoms with Crippen LogP contribution in [-0.2, 0) is 5.41 Å². The van der Waals surface area contributed by atoms with Crippen LogP contribution in [0.2, 0.25) is 0 Å². The van der Waals surface area contributed by atoms with E-state index >= 15 is 0 Å². The molecular formula is C17H18O3. The molecular weight excluding hydrogens is 252 g/mol. The summed E-state index contributed by atoms with van der Waals surface area (Å²) in [5.41, 5.74) is 1.54. The number of benzene rings is 2. The van der Waals surface area contributed by atoms with E-state index in [2.05, 4.69) is 20.8 Å². The molecule has 0 spiro atoms. The number of carboxylic acids is 1. The SMILES string of the molecule is CC(C)(C)c1ccc(Oc2cccc(C(=O)O)c2)cc1. The zero-order chi connectivity index (χ0) is 14.8. The van der Waals surface area contributed by atoms with E-state index in [0.29, 0.717) is 11.5 Å². The minimum atomic E-state index is -0.960. The van der Waals surface area contributed by atoms with Crippen molar-refractivity contribution in [2.24, 2.45) is 0 Å². The first-order chi connectivity index (χ1) is 9.36. The molecule has 2 aromatic rings. The number of carboxylic acid groups (broad SMARTS) is 1. The molecule has 0 saturated heterocycles. The van der Waals surface area contributed by atoms with E-state index in [1.54, 1.807) is 12.1 Å². The van der Waals surface area contributed by atoms with Gasteiger partial charge in [-0.1, -0.05) is 39.0 Å². The molecule has 2 rings (SSSR count). The van der Waals surface area contributed by atoms with Gasteiger partial charge >= 0.3 is 5.97 Å². The summed E-state index contributed by atoms with van der Waals surface area (Å²) in [6, 6.07) is 14.3. The summed E-state index contributed by atoms with van der Waals surface area (Å²) in [4.78, 5) is 10.9. The van der Waals surface area contributed by atoms with Crippen molar-refractivity contribution >= 4 is 5.97 Å². The molecule has 0 amide bonds. The average Bonchev–Trinajstić information content (AvgIpc) is 2.38. The van der Waals surface area contributed by atoms with Gasteiger partial charge in [0.25, 0.3) is 0 Å². The second-order valence-corrected chi connectivity index (χ2v) is 5.71. The first-order valence-electron chi connectivity index (χ1n) is 6.48. The van der Waals surface area contributed by atoms with Gasteiger partial charge in [0.2, 0.25) is 0 Å². The van der Waals surface area contributed by atoms with Gasteiger partial charge in [-0.05, 0) is 41.3 Å². The molecule has 0 saturated carbocycles. The first-order valence-corrected chi connectivity index (χ1v) is 6.48. The summed E-state index contributed by atoms with van der Waals surface area (Å²) in [5.74, 6) is 0.257. The number of rotatable bonds is 3. The Morgan fingerprint density at radius 2 is 1.65 bits per heavy atom. The molecule has 3 nitrogen and oxygen atoms in total. The van der Waals surface area contributed by atoms with Crippen molar-refractivity contribution in [3.63, 3.8) is 0 Å². The lowest BCUT2D eigenvalue weighted by molar-refractivity contribution is 0.0696. The molecule has 0 aromatic heterocycles. The quantitative estimate of drug-likeness (QED) is 0.894. The highest BCUT2D eigenvalue weighted by molar-refractivity contribution is 5.88. The summed E-state index contributed by atoms with van der Waals surface area (Å²) in [7, 11) is 0. The van der Waals surface area contributed by atoms with Crippen LogP contribution in [0.15, 0.2) is 48.5 Å². The van der Waals surface area contributed by atoms with Crippen LogP contribution in [0.25, 0.3) is 0 Å². The number of hydrogen-bond donors (Lipinski definition) is 1. The lowest BCUT2D eigenvalue weighted by Gasteiger charge is -2.19. The fourth-order valence-electron chi connectivity index (χ4n) is 1.85. The fraction of sp³-hybridized carbons (Fsp3) is 0.235. The monoisotopic (exact) mass is 270 g/mol. The molecule has 0 unspecified atom stereocenters. The van der Waals surface area contributed by atoms with Gasteiger partial charge in [-0.3, -0.25) is 0 Å². The van der Waals surface area contributed by atoms with Gasteiger partial charge in [-0.25, -0.2) is 4.79 Å². The normalized spacial score (nSPS) is 11.2. The van der Waals surface area contributed by atoms with Crippen LogP contribution in [0.1, 0.15) is 36.7 Å². The molecule has 0 radical (unpaired) electrons. The van der Waals surface area contributed by atoms with Crippen molar-refractivity contribution in [3.8, 4) is 11.5 Å². The summed E-state index contributed by atoms with van der Waals surface area (Å²) in [6.45, 7) is 6.46. The minimum Gasteiger partial charge on any atom is -0.478 e. The number of hydrogen-bond acceptors (Lipinski definition) is 2. The van der Waals surface area contributed by atoms with Crippen molar-refractivity contribution in [2.75, 3.05) is 0 Å². The highest BCUT2D eigenvalue weighted by atomic mass is 16.5. The predicted molar refractivity (Wildman–Crippen MR) is 78.6 cm³/mol. The Labute approximate surface area is 118 Å². The van der Waals surface area contributed by atoms with Crippen LogP contribution in [0.4, 0.5) is 0 Å². The van der Waals surface area contributed by atoms with E-state index in [1.165, 1.54) is 17.7 Å². The molecule has 0 atom stereocenters. The largest absolute Gasteiger partial charge is 0.478 e. The molecule has 0 aliphatic rings. The third-order valence-corrected chi connectivity index (χ3v) is 3.04. The molecule has 0 aliphatic heterocycles. The molecule has 0 bridgehead atoms. The Kier molecular flexibility index (Phi) is 3.79. The molecule has 2 aromatic carbocycles. The molecule has 20 heavy (non-hydrogen) atoms. The lowest BCUT2D eigenvalue weighted by atomic mass is 9.87. The van der Waals surface area contributed by atoms with Crippen molar-refractivity contribution in [1.29, 1.82) is 0 Å². The third kappa shape index (κ3) is 3.38. The van der Waals surface area contributed by atoms with Crippen LogP contribution < -0.4 is 4.74 Å². The summed E-state index contributed by atoms with van der Waals surface area (Å²) >= 11 is 0. The maximum atomic E-state index is 10.9. The zero-order valence-electron chi connectivity index (χ0n) is 11.9. The van der Waals surface area contributed by atoms with Gasteiger partial charge in [0.15, 0.2) is 0 Å². The van der Waals surface area contributed by atoms with Crippen LogP contribution in [0.3, 0.4) is 0 Å². The Hall–Kier alpha value is -2.29. The number of ether oxygens (including phenoxy) is 1. The van der Waals surface area contributed by atoms with Gasteiger partial charge in [0.05, 0.1) is 5.56 Å². The third-order valence-electron chi connectivity index (χ3n) is 3.04. The number of aromatic carboxylic acids is 1. The van der Waals surface area contributed by atoms with E-state index in [9.17, 15) is 4.79 Å². The Bertz CT molecular complexity index is 607. The van der Waals surface area contributed by atoms with Gasteiger partial charge in [-0.2, -0.15) is 0 Å². The maximum Gasteiger partial charge on any atom is 0.335 e. The predicted octanol–water partition coefficient (Wildman–Crippen LogP) is 4.47. The second kappa shape index (κ2) is 5.37. The smallest absolute Gasteiger partial charge is 0.335 e. The Morgan fingerprint density at radius 1 is 1.00 bits per heavy atom. The van der Waals surface area contributed by atoms with Crippen LogP contribution in [0, 0.1) is 0 Å². The lowest BCUT2D eigenvalue weighted by Crippen LogP contribution is -2.10. The highest BCUT2D eigenvalue weighted by Crippen LogP contribution is 2.27. The zero-order valence-corrected chi connectivity index (χ0v) is 11.9. The van der Waals surface area contributed by atoms with E-state index in [0.717, 1.165) is 0 Å². The molecule has 1 N–H and O–H groups in total. The second-order valence-electron chi connectivity index (χ2n) is 5.71. The van der Waals surface area contributed by atoms with E-state index < -0.39 is 5.97 Å². The molecule has 104 valence electrons. The highest BCUT2D eigenvalue weighted by Gasteiger charge is 2.13. The molecule has 0 aliphatic carbocycles.